The lowest BCUT2D eigenvalue weighted by molar-refractivity contribution is 0.180. The van der Waals surface area contributed by atoms with Crippen LogP contribution in [0.2, 0.25) is 5.02 Å². The van der Waals surface area contributed by atoms with Crippen LogP contribution in [-0.4, -0.2) is 6.04 Å². The average Bonchev–Trinajstić information content (AvgIpc) is 2.40. The van der Waals surface area contributed by atoms with Crippen LogP contribution >= 0.6 is 11.6 Å². The second-order valence-corrected chi connectivity index (χ2v) is 5.29. The Morgan fingerprint density at radius 1 is 1.15 bits per heavy atom. The molecule has 0 saturated heterocycles. The molecule has 2 atom stereocenters. The zero-order chi connectivity index (χ0) is 14.7. The summed E-state index contributed by atoms with van der Waals surface area (Å²) in [5, 5.41) is 0.531. The number of halogens is 2. The number of hydrogen-bond acceptors (Lipinski definition) is 2. The fourth-order valence-corrected chi connectivity index (χ4v) is 2.13. The van der Waals surface area contributed by atoms with Gasteiger partial charge in [0.1, 0.15) is 17.7 Å². The molecule has 0 aromatic heterocycles. The van der Waals surface area contributed by atoms with Gasteiger partial charge < -0.3 is 10.5 Å². The van der Waals surface area contributed by atoms with E-state index in [0.29, 0.717) is 10.8 Å². The third-order valence-corrected chi connectivity index (χ3v) is 3.33. The van der Waals surface area contributed by atoms with Gasteiger partial charge in [0.05, 0.1) is 5.02 Å². The van der Waals surface area contributed by atoms with Crippen LogP contribution < -0.4 is 10.5 Å². The second-order valence-electron chi connectivity index (χ2n) is 4.88. The fraction of sp³-hybridized carbons (Fsp3) is 0.250. The van der Waals surface area contributed by atoms with Crippen LogP contribution in [0, 0.1) is 12.7 Å². The van der Waals surface area contributed by atoms with Crippen molar-refractivity contribution in [1.82, 2.24) is 0 Å². The molecule has 2 unspecified atom stereocenters. The maximum absolute atomic E-state index is 13.0. The van der Waals surface area contributed by atoms with Gasteiger partial charge in [-0.3, -0.25) is 0 Å². The highest BCUT2D eigenvalue weighted by Gasteiger charge is 2.19. The van der Waals surface area contributed by atoms with E-state index in [1.54, 1.807) is 18.2 Å². The van der Waals surface area contributed by atoms with Crippen molar-refractivity contribution in [2.75, 3.05) is 0 Å². The highest BCUT2D eigenvalue weighted by atomic mass is 35.5. The highest BCUT2D eigenvalue weighted by Crippen LogP contribution is 2.31. The van der Waals surface area contributed by atoms with Crippen molar-refractivity contribution in [2.24, 2.45) is 5.73 Å². The van der Waals surface area contributed by atoms with E-state index in [-0.39, 0.29) is 18.0 Å². The first kappa shape index (κ1) is 14.8. The quantitative estimate of drug-likeness (QED) is 0.914. The minimum atomic E-state index is -0.380. The summed E-state index contributed by atoms with van der Waals surface area (Å²) in [5.41, 5.74) is 7.85. The van der Waals surface area contributed by atoms with Gasteiger partial charge in [0.2, 0.25) is 0 Å². The molecular weight excluding hydrogens is 277 g/mol. The molecule has 0 saturated carbocycles. The summed E-state index contributed by atoms with van der Waals surface area (Å²) in [7, 11) is 0. The van der Waals surface area contributed by atoms with E-state index in [4.69, 9.17) is 22.1 Å². The van der Waals surface area contributed by atoms with E-state index in [9.17, 15) is 4.39 Å². The van der Waals surface area contributed by atoms with Crippen molar-refractivity contribution in [3.8, 4) is 5.75 Å². The van der Waals surface area contributed by atoms with E-state index >= 15 is 0 Å². The standard InChI is InChI=1S/C16H17ClFNO/c1-10-3-8-14(17)15(9-10)20-16(11(2)19)12-4-6-13(18)7-5-12/h3-9,11,16H,19H2,1-2H3. The van der Waals surface area contributed by atoms with Crippen LogP contribution in [0.25, 0.3) is 0 Å². The molecule has 0 fully saturated rings. The van der Waals surface area contributed by atoms with Gasteiger partial charge >= 0.3 is 0 Å². The first-order valence-corrected chi connectivity index (χ1v) is 6.79. The van der Waals surface area contributed by atoms with Crippen molar-refractivity contribution >= 4 is 11.6 Å². The fourth-order valence-electron chi connectivity index (χ4n) is 1.97. The minimum Gasteiger partial charge on any atom is -0.483 e. The summed E-state index contributed by atoms with van der Waals surface area (Å²) < 4.78 is 18.9. The lowest BCUT2D eigenvalue weighted by Crippen LogP contribution is -2.29. The topological polar surface area (TPSA) is 35.2 Å². The maximum atomic E-state index is 13.0. The van der Waals surface area contributed by atoms with Crippen LogP contribution in [0.5, 0.6) is 5.75 Å². The van der Waals surface area contributed by atoms with Crippen molar-refractivity contribution in [2.45, 2.75) is 26.0 Å². The summed E-state index contributed by atoms with van der Waals surface area (Å²) in [6, 6.07) is 11.4. The normalized spacial score (nSPS) is 13.8. The molecule has 0 aliphatic carbocycles. The highest BCUT2D eigenvalue weighted by molar-refractivity contribution is 6.32. The van der Waals surface area contributed by atoms with Crippen LogP contribution in [0.1, 0.15) is 24.2 Å². The molecule has 2 rings (SSSR count). The van der Waals surface area contributed by atoms with Gasteiger partial charge in [0.15, 0.2) is 0 Å². The summed E-state index contributed by atoms with van der Waals surface area (Å²) >= 11 is 6.13. The number of nitrogens with two attached hydrogens (primary N) is 1. The molecule has 0 spiro atoms. The summed E-state index contributed by atoms with van der Waals surface area (Å²) in [6.45, 7) is 3.81. The van der Waals surface area contributed by atoms with Crippen molar-refractivity contribution in [3.05, 3.63) is 64.4 Å². The first-order valence-electron chi connectivity index (χ1n) is 6.41. The average molecular weight is 294 g/mol. The molecule has 4 heteroatoms. The smallest absolute Gasteiger partial charge is 0.139 e. The van der Waals surface area contributed by atoms with Gasteiger partial charge in [-0.1, -0.05) is 29.8 Å². The molecule has 20 heavy (non-hydrogen) atoms. The van der Waals surface area contributed by atoms with Crippen LogP contribution in [0.3, 0.4) is 0 Å². The predicted octanol–water partition coefficient (Wildman–Crippen LogP) is 4.25. The molecular formula is C16H17ClFNO. The van der Waals surface area contributed by atoms with Crippen molar-refractivity contribution in [3.63, 3.8) is 0 Å². The second kappa shape index (κ2) is 6.25. The van der Waals surface area contributed by atoms with E-state index in [1.807, 2.05) is 26.0 Å². The van der Waals surface area contributed by atoms with Crippen LogP contribution in [-0.2, 0) is 0 Å². The largest absolute Gasteiger partial charge is 0.483 e. The third-order valence-electron chi connectivity index (χ3n) is 3.02. The zero-order valence-electron chi connectivity index (χ0n) is 11.4. The molecule has 2 N–H and O–H groups in total. The molecule has 0 amide bonds. The molecule has 106 valence electrons. The summed E-state index contributed by atoms with van der Waals surface area (Å²) in [6.07, 6.45) is -0.380. The lowest BCUT2D eigenvalue weighted by Gasteiger charge is -2.23. The number of aryl methyl sites for hydroxylation is 1. The number of ether oxygens (including phenoxy) is 1. The van der Waals surface area contributed by atoms with Crippen molar-refractivity contribution in [1.29, 1.82) is 0 Å². The molecule has 2 aromatic carbocycles. The third kappa shape index (κ3) is 3.50. The van der Waals surface area contributed by atoms with Crippen molar-refractivity contribution < 1.29 is 9.13 Å². The van der Waals surface area contributed by atoms with Gasteiger partial charge in [0, 0.05) is 6.04 Å². The van der Waals surface area contributed by atoms with Gasteiger partial charge in [-0.05, 0) is 49.2 Å². The number of benzene rings is 2. The number of rotatable bonds is 4. The summed E-state index contributed by atoms with van der Waals surface area (Å²) in [4.78, 5) is 0. The Labute approximate surface area is 123 Å². The van der Waals surface area contributed by atoms with Gasteiger partial charge in [-0.2, -0.15) is 0 Å². The van der Waals surface area contributed by atoms with Gasteiger partial charge in [-0.15, -0.1) is 0 Å². The van der Waals surface area contributed by atoms with Crippen LogP contribution in [0.15, 0.2) is 42.5 Å². The van der Waals surface area contributed by atoms with E-state index in [0.717, 1.165) is 11.1 Å². The maximum Gasteiger partial charge on any atom is 0.139 e. The Bertz CT molecular complexity index is 584. The molecule has 2 aromatic rings. The molecule has 0 heterocycles. The van der Waals surface area contributed by atoms with Gasteiger partial charge in [0.25, 0.3) is 0 Å². The molecule has 0 aliphatic rings. The lowest BCUT2D eigenvalue weighted by atomic mass is 10.0. The SMILES string of the molecule is Cc1ccc(Cl)c(OC(c2ccc(F)cc2)C(C)N)c1. The van der Waals surface area contributed by atoms with E-state index in [2.05, 4.69) is 0 Å². The summed E-state index contributed by atoms with van der Waals surface area (Å²) in [5.74, 6) is 0.295. The van der Waals surface area contributed by atoms with Crippen LogP contribution in [0.4, 0.5) is 4.39 Å². The Hall–Kier alpha value is -1.58. The molecule has 0 bridgehead atoms. The zero-order valence-corrected chi connectivity index (χ0v) is 12.2. The first-order chi connectivity index (χ1) is 9.47. The van der Waals surface area contributed by atoms with E-state index < -0.39 is 0 Å². The molecule has 0 aliphatic heterocycles. The molecule has 2 nitrogen and oxygen atoms in total. The Kier molecular flexibility index (Phi) is 4.63. The number of hydrogen-bond donors (Lipinski definition) is 1. The Balaban J connectivity index is 2.30. The van der Waals surface area contributed by atoms with E-state index in [1.165, 1.54) is 12.1 Å². The monoisotopic (exact) mass is 293 g/mol. The van der Waals surface area contributed by atoms with Gasteiger partial charge in [-0.25, -0.2) is 4.39 Å². The molecule has 0 radical (unpaired) electrons. The minimum absolute atomic E-state index is 0.253. The Morgan fingerprint density at radius 2 is 1.80 bits per heavy atom. The Morgan fingerprint density at radius 3 is 2.40 bits per heavy atom. The predicted molar refractivity (Wildman–Crippen MR) is 79.6 cm³/mol.